The number of pyridine rings is 1. The molecule has 0 bridgehead atoms. The van der Waals surface area contributed by atoms with Crippen LogP contribution >= 0.6 is 11.3 Å². The summed E-state index contributed by atoms with van der Waals surface area (Å²) in [5.74, 6) is -6.22. The number of alkyl halides is 2. The van der Waals surface area contributed by atoms with Crippen LogP contribution in [-0.4, -0.2) is 36.1 Å². The maximum absolute atomic E-state index is 14.5. The molecular formula is C28H25F4N3O5S2. The molecule has 1 fully saturated rings. The lowest BCUT2D eigenvalue weighted by molar-refractivity contribution is -0.0280. The number of anilines is 1. The molecule has 8 nitrogen and oxygen atoms in total. The van der Waals surface area contributed by atoms with E-state index < -0.39 is 44.6 Å². The van der Waals surface area contributed by atoms with E-state index in [-0.39, 0.29) is 56.3 Å². The number of fused-ring (bicyclic) bond motifs is 1. The summed E-state index contributed by atoms with van der Waals surface area (Å²) in [5, 5.41) is 2.68. The SMILES string of the molecule is CCS(=O)(=O)Nc1ccc(Oc2ccc(F)cc2F)c(-c2cn(C)c(=O)c3sc(C(=O)NC4(C(C)(F)F)CC4)cc23)c1. The van der Waals surface area contributed by atoms with E-state index in [1.54, 1.807) is 0 Å². The van der Waals surface area contributed by atoms with Crippen LogP contribution in [0, 0.1) is 11.6 Å². The molecule has 0 aliphatic heterocycles. The molecule has 2 N–H and O–H groups in total. The van der Waals surface area contributed by atoms with Crippen LogP contribution in [0.15, 0.2) is 53.5 Å². The van der Waals surface area contributed by atoms with Gasteiger partial charge in [0.1, 0.15) is 21.8 Å². The molecule has 1 aliphatic carbocycles. The number of carbonyl (C=O) groups excluding carboxylic acids is 1. The fourth-order valence-corrected chi connectivity index (χ4v) is 6.14. The zero-order valence-corrected chi connectivity index (χ0v) is 24.2. The Kier molecular flexibility index (Phi) is 7.34. The van der Waals surface area contributed by atoms with Crippen LogP contribution in [0.25, 0.3) is 21.2 Å². The molecule has 1 aliphatic rings. The summed E-state index contributed by atoms with van der Waals surface area (Å²) in [4.78, 5) is 26.1. The van der Waals surface area contributed by atoms with Crippen LogP contribution in [0.1, 0.15) is 36.4 Å². The number of hydrogen-bond acceptors (Lipinski definition) is 6. The monoisotopic (exact) mass is 623 g/mol. The van der Waals surface area contributed by atoms with Gasteiger partial charge in [-0.2, -0.15) is 0 Å². The Morgan fingerprint density at radius 2 is 1.79 bits per heavy atom. The largest absolute Gasteiger partial charge is 0.454 e. The normalized spacial score (nSPS) is 14.5. The molecule has 2 aromatic carbocycles. The number of aromatic nitrogens is 1. The summed E-state index contributed by atoms with van der Waals surface area (Å²) < 4.78 is 90.4. The fourth-order valence-electron chi connectivity index (χ4n) is 4.46. The highest BCUT2D eigenvalue weighted by atomic mass is 32.2. The van der Waals surface area contributed by atoms with Gasteiger partial charge in [-0.25, -0.2) is 26.0 Å². The Morgan fingerprint density at radius 3 is 2.40 bits per heavy atom. The highest BCUT2D eigenvalue weighted by Crippen LogP contribution is 2.48. The predicted octanol–water partition coefficient (Wildman–Crippen LogP) is 6.02. The van der Waals surface area contributed by atoms with Gasteiger partial charge >= 0.3 is 0 Å². The summed E-state index contributed by atoms with van der Waals surface area (Å²) in [6.45, 7) is 2.19. The first-order valence-corrected chi connectivity index (χ1v) is 15.2. The molecule has 42 heavy (non-hydrogen) atoms. The fraction of sp³-hybridized carbons (Fsp3) is 0.286. The van der Waals surface area contributed by atoms with Crippen molar-refractivity contribution < 1.29 is 35.5 Å². The van der Waals surface area contributed by atoms with Crippen molar-refractivity contribution in [3.05, 3.63) is 75.5 Å². The third-order valence-electron chi connectivity index (χ3n) is 7.06. The van der Waals surface area contributed by atoms with E-state index >= 15 is 0 Å². The zero-order chi connectivity index (χ0) is 30.6. The highest BCUT2D eigenvalue weighted by molar-refractivity contribution is 7.92. The van der Waals surface area contributed by atoms with Crippen LogP contribution < -0.4 is 20.3 Å². The van der Waals surface area contributed by atoms with E-state index in [0.717, 1.165) is 30.4 Å². The van der Waals surface area contributed by atoms with Gasteiger partial charge in [0.25, 0.3) is 17.4 Å². The Labute approximate surface area is 242 Å². The van der Waals surface area contributed by atoms with Gasteiger partial charge in [-0.15, -0.1) is 11.3 Å². The lowest BCUT2D eigenvalue weighted by Crippen LogP contribution is -2.48. The lowest BCUT2D eigenvalue weighted by Gasteiger charge is -2.23. The van der Waals surface area contributed by atoms with Crippen LogP contribution in [0.4, 0.5) is 23.2 Å². The molecule has 5 rings (SSSR count). The Hall–Kier alpha value is -3.91. The molecule has 0 atom stereocenters. The molecule has 1 amide bonds. The Balaban J connectivity index is 1.66. The number of ether oxygens (including phenoxy) is 1. The maximum Gasteiger partial charge on any atom is 0.268 e. The van der Waals surface area contributed by atoms with Gasteiger partial charge in [0.15, 0.2) is 11.6 Å². The van der Waals surface area contributed by atoms with Gasteiger partial charge in [-0.1, -0.05) is 0 Å². The summed E-state index contributed by atoms with van der Waals surface area (Å²) in [5.41, 5.74) is -1.47. The Morgan fingerprint density at radius 1 is 1.10 bits per heavy atom. The number of hydrogen-bond donors (Lipinski definition) is 2. The van der Waals surface area contributed by atoms with E-state index in [1.807, 2.05) is 0 Å². The van der Waals surface area contributed by atoms with Gasteiger partial charge in [0.05, 0.1) is 10.6 Å². The molecule has 0 spiro atoms. The second-order valence-corrected chi connectivity index (χ2v) is 13.2. The number of nitrogens with zero attached hydrogens (tertiary/aromatic N) is 1. The third-order valence-corrected chi connectivity index (χ3v) is 9.49. The maximum atomic E-state index is 14.5. The van der Waals surface area contributed by atoms with Crippen molar-refractivity contribution >= 4 is 43.0 Å². The number of benzene rings is 2. The van der Waals surface area contributed by atoms with Crippen LogP contribution in [0.5, 0.6) is 11.5 Å². The van der Waals surface area contributed by atoms with Gasteiger partial charge in [-0.3, -0.25) is 14.3 Å². The number of halogens is 4. The van der Waals surface area contributed by atoms with Gasteiger partial charge in [0.2, 0.25) is 10.0 Å². The number of amides is 1. The average Bonchev–Trinajstić information content (AvgIpc) is 3.57. The van der Waals surface area contributed by atoms with Crippen LogP contribution in [0.2, 0.25) is 0 Å². The number of rotatable bonds is 9. The molecule has 0 radical (unpaired) electrons. The molecule has 14 heteroatoms. The smallest absolute Gasteiger partial charge is 0.268 e. The standard InChI is InChI=1S/C28H25F4N3O5S2/c1-4-42(38,39)34-16-6-8-21(40-22-7-5-15(29)11-20(22)30)17(12-16)19-14-35(3)26(37)24-18(19)13-23(41-24)25(36)33-28(9-10-28)27(2,31)32/h5-8,11-14,34H,4,9-10H2,1-3H3,(H,33,36). The predicted molar refractivity (Wildman–Crippen MR) is 152 cm³/mol. The quantitative estimate of drug-likeness (QED) is 0.222. The molecule has 0 unspecified atom stereocenters. The van der Waals surface area contributed by atoms with Crippen molar-refractivity contribution in [1.82, 2.24) is 9.88 Å². The minimum absolute atomic E-state index is 0.0139. The van der Waals surface area contributed by atoms with Gasteiger partial charge in [0, 0.05) is 48.4 Å². The molecule has 2 aromatic heterocycles. The topological polar surface area (TPSA) is 106 Å². The summed E-state index contributed by atoms with van der Waals surface area (Å²) in [6, 6.07) is 8.30. The molecule has 0 saturated heterocycles. The van der Waals surface area contributed by atoms with Crippen LogP contribution in [-0.2, 0) is 17.1 Å². The van der Waals surface area contributed by atoms with E-state index in [1.165, 1.54) is 49.0 Å². The van der Waals surface area contributed by atoms with Crippen molar-refractivity contribution in [3.8, 4) is 22.6 Å². The molecule has 2 heterocycles. The summed E-state index contributed by atoms with van der Waals surface area (Å²) in [7, 11) is -2.24. The second kappa shape index (κ2) is 10.4. The number of carbonyl (C=O) groups is 1. The number of aryl methyl sites for hydroxylation is 1. The van der Waals surface area contributed by atoms with E-state index in [4.69, 9.17) is 4.74 Å². The van der Waals surface area contributed by atoms with E-state index in [0.29, 0.717) is 11.6 Å². The zero-order valence-electron chi connectivity index (χ0n) is 22.6. The first-order chi connectivity index (χ1) is 19.6. The van der Waals surface area contributed by atoms with E-state index in [9.17, 15) is 35.6 Å². The average molecular weight is 624 g/mol. The van der Waals surface area contributed by atoms with Crippen molar-refractivity contribution in [1.29, 1.82) is 0 Å². The highest BCUT2D eigenvalue weighted by Gasteiger charge is 2.60. The first kappa shape index (κ1) is 29.6. The number of sulfonamides is 1. The van der Waals surface area contributed by atoms with Gasteiger partial charge < -0.3 is 14.6 Å². The first-order valence-electron chi connectivity index (χ1n) is 12.7. The van der Waals surface area contributed by atoms with Gasteiger partial charge in [-0.05, 0) is 56.2 Å². The molecule has 4 aromatic rings. The molecular weight excluding hydrogens is 598 g/mol. The minimum Gasteiger partial charge on any atom is -0.454 e. The minimum atomic E-state index is -3.70. The molecule has 1 saturated carbocycles. The Bertz CT molecular complexity index is 1890. The molecule has 222 valence electrons. The van der Waals surface area contributed by atoms with Crippen molar-refractivity contribution in [2.45, 2.75) is 38.2 Å². The second-order valence-electron chi connectivity index (χ2n) is 10.1. The van der Waals surface area contributed by atoms with Crippen molar-refractivity contribution in [3.63, 3.8) is 0 Å². The van der Waals surface area contributed by atoms with E-state index in [2.05, 4.69) is 10.0 Å². The summed E-state index contributed by atoms with van der Waals surface area (Å²) in [6.07, 6.45) is 1.66. The van der Waals surface area contributed by atoms with Crippen LogP contribution in [0.3, 0.4) is 0 Å². The lowest BCUT2D eigenvalue weighted by atomic mass is 10.0. The number of thiophene rings is 1. The number of nitrogens with one attached hydrogen (secondary N) is 2. The van der Waals surface area contributed by atoms with Crippen molar-refractivity contribution in [2.75, 3.05) is 10.5 Å². The third kappa shape index (κ3) is 5.60. The van der Waals surface area contributed by atoms with Crippen molar-refractivity contribution in [2.24, 2.45) is 7.05 Å². The summed E-state index contributed by atoms with van der Waals surface area (Å²) >= 11 is 0.822.